The molecular weight excluding hydrogens is 326 g/mol. The molecule has 0 saturated carbocycles. The van der Waals surface area contributed by atoms with Gasteiger partial charge in [0.15, 0.2) is 5.65 Å². The van der Waals surface area contributed by atoms with E-state index in [0.29, 0.717) is 12.8 Å². The zero-order chi connectivity index (χ0) is 18.3. The summed E-state index contributed by atoms with van der Waals surface area (Å²) in [6.07, 6.45) is 5.12. The molecule has 4 rings (SSSR count). The number of likely N-dealkylation sites (tertiary alicyclic amines) is 1. The van der Waals surface area contributed by atoms with E-state index < -0.39 is 5.60 Å². The van der Waals surface area contributed by atoms with E-state index in [1.807, 2.05) is 55.9 Å². The van der Waals surface area contributed by atoms with Gasteiger partial charge in [-0.1, -0.05) is 6.07 Å². The molecule has 0 radical (unpaired) electrons. The summed E-state index contributed by atoms with van der Waals surface area (Å²) in [6, 6.07) is 6.01. The van der Waals surface area contributed by atoms with Crippen LogP contribution in [-0.4, -0.2) is 42.7 Å². The van der Waals surface area contributed by atoms with Gasteiger partial charge < -0.3 is 5.11 Å². The summed E-state index contributed by atoms with van der Waals surface area (Å²) in [4.78, 5) is 11.5. The van der Waals surface area contributed by atoms with Gasteiger partial charge in [0.2, 0.25) is 0 Å². The monoisotopic (exact) mass is 351 g/mol. The Bertz CT molecular complexity index is 923. The lowest BCUT2D eigenvalue weighted by Gasteiger charge is -2.37. The molecule has 0 aromatic carbocycles. The lowest BCUT2D eigenvalue weighted by atomic mass is 9.87. The van der Waals surface area contributed by atoms with Crippen LogP contribution in [0.5, 0.6) is 0 Å². The maximum atomic E-state index is 11.0. The van der Waals surface area contributed by atoms with E-state index in [2.05, 4.69) is 20.0 Å². The molecule has 136 valence electrons. The molecule has 1 aliphatic rings. The van der Waals surface area contributed by atoms with Gasteiger partial charge in [0.1, 0.15) is 5.60 Å². The fourth-order valence-electron chi connectivity index (χ4n) is 3.75. The molecule has 3 aromatic heterocycles. The molecule has 1 saturated heterocycles. The Kier molecular flexibility index (Phi) is 4.25. The van der Waals surface area contributed by atoms with Crippen LogP contribution in [0.15, 0.2) is 30.6 Å². The Labute approximate surface area is 153 Å². The van der Waals surface area contributed by atoms with E-state index in [1.165, 1.54) is 0 Å². The lowest BCUT2D eigenvalue weighted by molar-refractivity contribution is -0.0310. The van der Waals surface area contributed by atoms with E-state index in [0.717, 1.165) is 53.5 Å². The molecule has 3 aromatic rings. The minimum absolute atomic E-state index is 0.688. The average molecular weight is 351 g/mol. The molecule has 0 bridgehead atoms. The molecule has 0 unspecified atom stereocenters. The standard InChI is InChI=1S/C20H25N5O/c1-14-4-5-18(21-11-14)20(26)6-8-24(9-7-20)13-17-12-22-25-16(3)10-15(2)23-19(17)25/h4-5,10-12,26H,6-9,13H2,1-3H3. The van der Waals surface area contributed by atoms with E-state index in [-0.39, 0.29) is 0 Å². The minimum Gasteiger partial charge on any atom is -0.383 e. The summed E-state index contributed by atoms with van der Waals surface area (Å²) < 4.78 is 1.90. The molecule has 1 fully saturated rings. The summed E-state index contributed by atoms with van der Waals surface area (Å²) in [5.74, 6) is 0. The quantitative estimate of drug-likeness (QED) is 0.785. The first-order valence-electron chi connectivity index (χ1n) is 9.13. The molecule has 4 heterocycles. The van der Waals surface area contributed by atoms with Crippen molar-refractivity contribution in [3.63, 3.8) is 0 Å². The zero-order valence-electron chi connectivity index (χ0n) is 15.6. The first kappa shape index (κ1) is 17.1. The van der Waals surface area contributed by atoms with Crippen LogP contribution in [-0.2, 0) is 12.1 Å². The first-order chi connectivity index (χ1) is 12.4. The highest BCUT2D eigenvalue weighted by molar-refractivity contribution is 5.47. The number of fused-ring (bicyclic) bond motifs is 1. The van der Waals surface area contributed by atoms with Gasteiger partial charge >= 0.3 is 0 Å². The Morgan fingerprint density at radius 3 is 2.58 bits per heavy atom. The van der Waals surface area contributed by atoms with Gasteiger partial charge in [-0.3, -0.25) is 9.88 Å². The highest BCUT2D eigenvalue weighted by Crippen LogP contribution is 2.32. The van der Waals surface area contributed by atoms with Crippen LogP contribution < -0.4 is 0 Å². The van der Waals surface area contributed by atoms with Crippen molar-refractivity contribution in [2.45, 2.75) is 45.8 Å². The van der Waals surface area contributed by atoms with E-state index in [4.69, 9.17) is 0 Å². The van der Waals surface area contributed by atoms with E-state index in [9.17, 15) is 5.11 Å². The second kappa shape index (κ2) is 6.45. The Morgan fingerprint density at radius 1 is 1.12 bits per heavy atom. The highest BCUT2D eigenvalue weighted by Gasteiger charge is 2.35. The minimum atomic E-state index is -0.823. The summed E-state index contributed by atoms with van der Waals surface area (Å²) in [5.41, 5.74) is 5.25. The van der Waals surface area contributed by atoms with Crippen LogP contribution in [0, 0.1) is 20.8 Å². The van der Waals surface area contributed by atoms with Crippen molar-refractivity contribution >= 4 is 5.65 Å². The van der Waals surface area contributed by atoms with Crippen molar-refractivity contribution in [3.8, 4) is 0 Å². The summed E-state index contributed by atoms with van der Waals surface area (Å²) in [5, 5.41) is 15.5. The maximum absolute atomic E-state index is 11.0. The normalized spacial score (nSPS) is 17.7. The molecule has 0 atom stereocenters. The number of hydrogen-bond donors (Lipinski definition) is 1. The van der Waals surface area contributed by atoms with Crippen molar-refractivity contribution in [1.29, 1.82) is 0 Å². The Morgan fingerprint density at radius 2 is 1.88 bits per heavy atom. The van der Waals surface area contributed by atoms with Gasteiger partial charge in [-0.05, 0) is 51.3 Å². The summed E-state index contributed by atoms with van der Waals surface area (Å²) in [6.45, 7) is 8.53. The molecule has 0 aliphatic carbocycles. The topological polar surface area (TPSA) is 66.5 Å². The van der Waals surface area contributed by atoms with Crippen LogP contribution in [0.1, 0.15) is 41.1 Å². The van der Waals surface area contributed by atoms with Gasteiger partial charge in [-0.2, -0.15) is 5.10 Å². The Hall–Kier alpha value is -2.31. The van der Waals surface area contributed by atoms with Crippen LogP contribution in [0.25, 0.3) is 5.65 Å². The van der Waals surface area contributed by atoms with Crippen molar-refractivity contribution in [3.05, 3.63) is 58.8 Å². The number of aromatic nitrogens is 4. The number of pyridine rings is 1. The summed E-state index contributed by atoms with van der Waals surface area (Å²) >= 11 is 0. The predicted octanol–water partition coefficient (Wildman–Crippen LogP) is 2.53. The third-order valence-electron chi connectivity index (χ3n) is 5.32. The van der Waals surface area contributed by atoms with Crippen molar-refractivity contribution < 1.29 is 5.11 Å². The largest absolute Gasteiger partial charge is 0.383 e. The number of aryl methyl sites for hydroxylation is 3. The van der Waals surface area contributed by atoms with Crippen molar-refractivity contribution in [1.82, 2.24) is 24.5 Å². The first-order valence-corrected chi connectivity index (χ1v) is 9.13. The van der Waals surface area contributed by atoms with Crippen molar-refractivity contribution in [2.75, 3.05) is 13.1 Å². The molecular formula is C20H25N5O. The second-order valence-electron chi connectivity index (χ2n) is 7.47. The number of piperidine rings is 1. The zero-order valence-corrected chi connectivity index (χ0v) is 15.6. The Balaban J connectivity index is 1.48. The average Bonchev–Trinajstić information content (AvgIpc) is 3.01. The number of hydrogen-bond acceptors (Lipinski definition) is 5. The number of nitrogens with zero attached hydrogens (tertiary/aromatic N) is 5. The van der Waals surface area contributed by atoms with Gasteiger partial charge in [-0.15, -0.1) is 0 Å². The highest BCUT2D eigenvalue weighted by atomic mass is 16.3. The van der Waals surface area contributed by atoms with E-state index >= 15 is 0 Å². The molecule has 6 nitrogen and oxygen atoms in total. The van der Waals surface area contributed by atoms with Gasteiger partial charge in [0, 0.05) is 42.8 Å². The molecule has 1 N–H and O–H groups in total. The fraction of sp³-hybridized carbons (Fsp3) is 0.450. The van der Waals surface area contributed by atoms with Crippen LogP contribution in [0.4, 0.5) is 0 Å². The van der Waals surface area contributed by atoms with Crippen LogP contribution in [0.3, 0.4) is 0 Å². The molecule has 1 aliphatic heterocycles. The smallest absolute Gasteiger partial charge is 0.159 e. The second-order valence-corrected chi connectivity index (χ2v) is 7.47. The van der Waals surface area contributed by atoms with Gasteiger partial charge in [0.05, 0.1) is 11.9 Å². The molecule has 6 heteroatoms. The summed E-state index contributed by atoms with van der Waals surface area (Å²) in [7, 11) is 0. The third-order valence-corrected chi connectivity index (χ3v) is 5.32. The van der Waals surface area contributed by atoms with E-state index in [1.54, 1.807) is 0 Å². The predicted molar refractivity (Wildman–Crippen MR) is 99.8 cm³/mol. The number of aliphatic hydroxyl groups is 1. The van der Waals surface area contributed by atoms with Crippen molar-refractivity contribution in [2.24, 2.45) is 0 Å². The maximum Gasteiger partial charge on any atom is 0.159 e. The third kappa shape index (κ3) is 3.10. The lowest BCUT2D eigenvalue weighted by Crippen LogP contribution is -2.42. The number of rotatable bonds is 3. The van der Waals surface area contributed by atoms with Gasteiger partial charge in [0.25, 0.3) is 0 Å². The molecule has 0 spiro atoms. The van der Waals surface area contributed by atoms with Crippen LogP contribution >= 0.6 is 0 Å². The molecule has 26 heavy (non-hydrogen) atoms. The fourth-order valence-corrected chi connectivity index (χ4v) is 3.75. The van der Waals surface area contributed by atoms with Gasteiger partial charge in [-0.25, -0.2) is 9.50 Å². The van der Waals surface area contributed by atoms with Crippen LogP contribution in [0.2, 0.25) is 0 Å². The molecule has 0 amide bonds. The SMILES string of the molecule is Cc1ccc(C2(O)CCN(Cc3cnn4c(C)cc(C)nc34)CC2)nc1.